The van der Waals surface area contributed by atoms with E-state index in [-0.39, 0.29) is 0 Å². The average Bonchev–Trinajstić information content (AvgIpc) is 2.82. The number of H-pyrrole nitrogens is 1. The molecule has 78 valence electrons. The smallest absolute Gasteiger partial charge is 0.153 e. The zero-order chi connectivity index (χ0) is 10.8. The lowest BCUT2D eigenvalue weighted by molar-refractivity contribution is 0.458. The van der Waals surface area contributed by atoms with Gasteiger partial charge in [-0.05, 0) is 12.1 Å². The number of hydrogen-bond donors (Lipinski definition) is 1. The number of ether oxygens (including phenoxy) is 1. The van der Waals surface area contributed by atoms with Crippen molar-refractivity contribution < 1.29 is 4.74 Å². The number of imidazole rings is 1. The van der Waals surface area contributed by atoms with Crippen molar-refractivity contribution in [1.29, 1.82) is 0 Å². The third-order valence-corrected chi connectivity index (χ3v) is 2.24. The summed E-state index contributed by atoms with van der Waals surface area (Å²) in [6.07, 6.45) is 6.90. The number of rotatable bonds is 1. The highest BCUT2D eigenvalue weighted by atomic mass is 16.5. The SMILES string of the molecule is C1=Nc2ccccc2OC1=Cc1cnc[nH]1. The highest BCUT2D eigenvalue weighted by Crippen LogP contribution is 2.31. The van der Waals surface area contributed by atoms with Crippen LogP contribution in [0.15, 0.2) is 47.5 Å². The molecule has 3 rings (SSSR count). The first kappa shape index (κ1) is 8.91. The van der Waals surface area contributed by atoms with E-state index in [0.717, 1.165) is 17.1 Å². The van der Waals surface area contributed by atoms with Gasteiger partial charge in [0, 0.05) is 6.08 Å². The van der Waals surface area contributed by atoms with Crippen LogP contribution in [-0.4, -0.2) is 16.2 Å². The molecule has 4 heteroatoms. The predicted octanol–water partition coefficient (Wildman–Crippen LogP) is 2.55. The van der Waals surface area contributed by atoms with Crippen LogP contribution in [0.5, 0.6) is 5.75 Å². The van der Waals surface area contributed by atoms with Gasteiger partial charge in [-0.2, -0.15) is 0 Å². The third kappa shape index (κ3) is 1.61. The molecule has 0 saturated heterocycles. The fourth-order valence-corrected chi connectivity index (χ4v) is 1.50. The molecule has 0 saturated carbocycles. The maximum atomic E-state index is 5.67. The van der Waals surface area contributed by atoms with Crippen LogP contribution in [-0.2, 0) is 0 Å². The molecule has 0 unspecified atom stereocenters. The van der Waals surface area contributed by atoms with Crippen LogP contribution in [0.2, 0.25) is 0 Å². The molecule has 1 N–H and O–H groups in total. The van der Waals surface area contributed by atoms with E-state index in [1.54, 1.807) is 18.7 Å². The topological polar surface area (TPSA) is 50.3 Å². The lowest BCUT2D eigenvalue weighted by atomic mass is 10.2. The van der Waals surface area contributed by atoms with Gasteiger partial charge in [-0.15, -0.1) is 0 Å². The molecule has 0 spiro atoms. The monoisotopic (exact) mass is 211 g/mol. The largest absolute Gasteiger partial charge is 0.453 e. The quantitative estimate of drug-likeness (QED) is 0.788. The van der Waals surface area contributed by atoms with Gasteiger partial charge in [-0.1, -0.05) is 12.1 Å². The van der Waals surface area contributed by atoms with Crippen molar-refractivity contribution in [2.45, 2.75) is 0 Å². The minimum absolute atomic E-state index is 0.697. The molecule has 0 aliphatic carbocycles. The molecule has 0 radical (unpaired) electrons. The Bertz CT molecular complexity index is 555. The number of aromatic nitrogens is 2. The van der Waals surface area contributed by atoms with E-state index >= 15 is 0 Å². The number of fused-ring (bicyclic) bond motifs is 1. The number of nitrogens with zero attached hydrogens (tertiary/aromatic N) is 2. The maximum Gasteiger partial charge on any atom is 0.153 e. The molecule has 4 nitrogen and oxygen atoms in total. The van der Waals surface area contributed by atoms with Crippen LogP contribution < -0.4 is 4.74 Å². The lowest BCUT2D eigenvalue weighted by Crippen LogP contribution is -2.01. The number of nitrogens with one attached hydrogen (secondary N) is 1. The van der Waals surface area contributed by atoms with Gasteiger partial charge in [0.2, 0.25) is 0 Å². The predicted molar refractivity (Wildman–Crippen MR) is 61.8 cm³/mol. The van der Waals surface area contributed by atoms with Gasteiger partial charge in [0.1, 0.15) is 11.4 Å². The van der Waals surface area contributed by atoms with Crippen LogP contribution in [0.4, 0.5) is 5.69 Å². The summed E-state index contributed by atoms with van der Waals surface area (Å²) in [5.74, 6) is 1.47. The maximum absolute atomic E-state index is 5.67. The van der Waals surface area contributed by atoms with Crippen molar-refractivity contribution >= 4 is 18.0 Å². The molecule has 0 fully saturated rings. The molecule has 0 bridgehead atoms. The van der Waals surface area contributed by atoms with E-state index in [9.17, 15) is 0 Å². The van der Waals surface area contributed by atoms with E-state index in [0.29, 0.717) is 5.76 Å². The normalized spacial score (nSPS) is 15.9. The zero-order valence-electron chi connectivity index (χ0n) is 8.42. The highest BCUT2D eigenvalue weighted by Gasteiger charge is 2.09. The summed E-state index contributed by atoms with van der Waals surface area (Å²) in [4.78, 5) is 11.2. The molecule has 1 aliphatic heterocycles. The summed E-state index contributed by atoms with van der Waals surface area (Å²) in [6, 6.07) is 7.67. The van der Waals surface area contributed by atoms with Crippen molar-refractivity contribution in [3.05, 3.63) is 48.2 Å². The van der Waals surface area contributed by atoms with Gasteiger partial charge in [-0.3, -0.25) is 0 Å². The Morgan fingerprint density at radius 3 is 3.06 bits per heavy atom. The minimum Gasteiger partial charge on any atom is -0.453 e. The van der Waals surface area contributed by atoms with Crippen LogP contribution in [0.3, 0.4) is 0 Å². The Labute approximate surface area is 92.3 Å². The summed E-state index contributed by atoms with van der Waals surface area (Å²) in [5, 5.41) is 0. The number of benzene rings is 1. The molecule has 1 aliphatic rings. The van der Waals surface area contributed by atoms with Crippen LogP contribution in [0, 0.1) is 0 Å². The first-order valence-corrected chi connectivity index (χ1v) is 4.93. The van der Waals surface area contributed by atoms with Gasteiger partial charge in [0.15, 0.2) is 5.75 Å². The Morgan fingerprint density at radius 1 is 1.25 bits per heavy atom. The number of hydrogen-bond acceptors (Lipinski definition) is 3. The van der Waals surface area contributed by atoms with E-state index in [1.807, 2.05) is 30.3 Å². The first-order chi connectivity index (χ1) is 7.92. The summed E-state index contributed by atoms with van der Waals surface area (Å²) >= 11 is 0. The Kier molecular flexibility index (Phi) is 2.04. The molecule has 1 aromatic heterocycles. The van der Waals surface area contributed by atoms with Gasteiger partial charge >= 0.3 is 0 Å². The van der Waals surface area contributed by atoms with Crippen molar-refractivity contribution in [2.24, 2.45) is 4.99 Å². The van der Waals surface area contributed by atoms with Gasteiger partial charge < -0.3 is 9.72 Å². The second kappa shape index (κ2) is 3.66. The van der Waals surface area contributed by atoms with E-state index in [4.69, 9.17) is 4.74 Å². The van der Waals surface area contributed by atoms with Crippen LogP contribution >= 0.6 is 0 Å². The molecule has 2 heterocycles. The van der Waals surface area contributed by atoms with E-state index in [1.165, 1.54) is 0 Å². The highest BCUT2D eigenvalue weighted by molar-refractivity contribution is 5.88. The molecule has 16 heavy (non-hydrogen) atoms. The zero-order valence-corrected chi connectivity index (χ0v) is 8.42. The molecule has 2 aromatic rings. The fraction of sp³-hybridized carbons (Fsp3) is 0. The lowest BCUT2D eigenvalue weighted by Gasteiger charge is -2.12. The fourth-order valence-electron chi connectivity index (χ4n) is 1.50. The molecular formula is C12H9N3O. The number of aromatic amines is 1. The second-order valence-corrected chi connectivity index (χ2v) is 3.38. The Balaban J connectivity index is 1.94. The van der Waals surface area contributed by atoms with Crippen LogP contribution in [0.1, 0.15) is 5.69 Å². The summed E-state index contributed by atoms with van der Waals surface area (Å²) in [7, 11) is 0. The van der Waals surface area contributed by atoms with Crippen molar-refractivity contribution in [2.75, 3.05) is 0 Å². The summed E-state index contributed by atoms with van der Waals surface area (Å²) in [5.41, 5.74) is 1.74. The standard InChI is InChI=1S/C12H9N3O/c1-2-4-12-11(3-1)14-7-10(16-12)5-9-6-13-8-15-9/h1-8H,(H,13,15). The second-order valence-electron chi connectivity index (χ2n) is 3.38. The summed E-state index contributed by atoms with van der Waals surface area (Å²) in [6.45, 7) is 0. The van der Waals surface area contributed by atoms with Crippen molar-refractivity contribution in [3.8, 4) is 5.75 Å². The first-order valence-electron chi connectivity index (χ1n) is 4.93. The molecule has 0 atom stereocenters. The van der Waals surface area contributed by atoms with Gasteiger partial charge in [0.25, 0.3) is 0 Å². The number of para-hydroxylation sites is 2. The number of aliphatic imine (C=N–C) groups is 1. The third-order valence-electron chi connectivity index (χ3n) is 2.24. The van der Waals surface area contributed by atoms with Gasteiger partial charge in [0.05, 0.1) is 24.4 Å². The molecular weight excluding hydrogens is 202 g/mol. The van der Waals surface area contributed by atoms with Crippen molar-refractivity contribution in [3.63, 3.8) is 0 Å². The average molecular weight is 211 g/mol. The van der Waals surface area contributed by atoms with E-state index < -0.39 is 0 Å². The summed E-state index contributed by atoms with van der Waals surface area (Å²) < 4.78 is 5.67. The molecule has 0 amide bonds. The minimum atomic E-state index is 0.697. The number of allylic oxidation sites excluding steroid dienone is 1. The Hall–Kier alpha value is -2.36. The van der Waals surface area contributed by atoms with Gasteiger partial charge in [-0.25, -0.2) is 9.98 Å². The van der Waals surface area contributed by atoms with Crippen LogP contribution in [0.25, 0.3) is 6.08 Å². The van der Waals surface area contributed by atoms with Crippen molar-refractivity contribution in [1.82, 2.24) is 9.97 Å². The molecule has 1 aromatic carbocycles. The van der Waals surface area contributed by atoms with E-state index in [2.05, 4.69) is 15.0 Å². The Morgan fingerprint density at radius 2 is 2.19 bits per heavy atom.